The Morgan fingerprint density at radius 3 is 2.38 bits per heavy atom. The summed E-state index contributed by atoms with van der Waals surface area (Å²) in [6, 6.07) is 28.5. The van der Waals surface area contributed by atoms with Crippen molar-refractivity contribution >= 4 is 23.6 Å². The van der Waals surface area contributed by atoms with E-state index in [-0.39, 0.29) is 29.9 Å². The van der Waals surface area contributed by atoms with Gasteiger partial charge >= 0.3 is 0 Å². The number of halogens is 1. The lowest BCUT2D eigenvalue weighted by atomic mass is 10.1. The van der Waals surface area contributed by atoms with Crippen LogP contribution < -0.4 is 15.0 Å². The predicted molar refractivity (Wildman–Crippen MR) is 141 cm³/mol. The Hall–Kier alpha value is -4.71. The summed E-state index contributed by atoms with van der Waals surface area (Å²) in [6.45, 7) is 2.53. The lowest BCUT2D eigenvalue weighted by Gasteiger charge is -2.30. The fraction of sp³-hybridized carbons (Fsp3) is 0.0968. The molecule has 0 unspecified atom stereocenters. The minimum Gasteiger partial charge on any atom is -0.449 e. The number of fused-ring (bicyclic) bond motifs is 1. The molecule has 0 fully saturated rings. The van der Waals surface area contributed by atoms with Crippen molar-refractivity contribution in [2.24, 2.45) is 0 Å². The summed E-state index contributed by atoms with van der Waals surface area (Å²) in [7, 11) is 0. The number of benzene rings is 4. The number of aryl methyl sites for hydroxylation is 1. The highest BCUT2D eigenvalue weighted by Crippen LogP contribution is 2.36. The van der Waals surface area contributed by atoms with Crippen LogP contribution in [0.5, 0.6) is 5.75 Å². The Morgan fingerprint density at radius 2 is 1.62 bits per heavy atom. The molecule has 0 aliphatic carbocycles. The topological polar surface area (TPSA) is 58.6 Å². The van der Waals surface area contributed by atoms with Crippen molar-refractivity contribution in [1.29, 1.82) is 0 Å². The standard InChI is InChI=1S/C31H25FN2O3/c1-21-10-12-23(13-11-21)19-33-30(35)24-16-14-22(15-17-24)18-29-31(36)34(20-25-6-2-3-7-26(25)32)27-8-4-5-9-28(27)37-29/h2-18H,19-20H2,1H3,(H,33,35)/b29-18-. The first kappa shape index (κ1) is 24.0. The Labute approximate surface area is 214 Å². The van der Waals surface area contributed by atoms with Crippen molar-refractivity contribution in [3.05, 3.63) is 136 Å². The highest BCUT2D eigenvalue weighted by Gasteiger charge is 2.30. The Morgan fingerprint density at radius 1 is 0.919 bits per heavy atom. The third-order valence-corrected chi connectivity index (χ3v) is 6.16. The van der Waals surface area contributed by atoms with Crippen LogP contribution in [-0.4, -0.2) is 11.8 Å². The lowest BCUT2D eigenvalue weighted by Crippen LogP contribution is -2.37. The van der Waals surface area contributed by atoms with E-state index in [0.717, 1.165) is 5.56 Å². The molecule has 0 aromatic heterocycles. The first-order valence-corrected chi connectivity index (χ1v) is 12.0. The Kier molecular flexibility index (Phi) is 6.81. The van der Waals surface area contributed by atoms with Crippen LogP contribution in [0.3, 0.4) is 0 Å². The number of amides is 2. The third-order valence-electron chi connectivity index (χ3n) is 6.16. The fourth-order valence-corrected chi connectivity index (χ4v) is 4.09. The number of para-hydroxylation sites is 2. The maximum atomic E-state index is 14.3. The first-order chi connectivity index (χ1) is 18.0. The van der Waals surface area contributed by atoms with Gasteiger partial charge in [0, 0.05) is 17.7 Å². The maximum Gasteiger partial charge on any atom is 0.294 e. The molecule has 1 aliphatic heterocycles. The van der Waals surface area contributed by atoms with Crippen LogP contribution in [0, 0.1) is 12.7 Å². The van der Waals surface area contributed by atoms with Crippen LogP contribution in [0.15, 0.2) is 103 Å². The number of anilines is 1. The molecule has 0 spiro atoms. The van der Waals surface area contributed by atoms with Crippen LogP contribution >= 0.6 is 0 Å². The van der Waals surface area contributed by atoms with Crippen LogP contribution in [0.1, 0.15) is 32.6 Å². The molecule has 0 saturated carbocycles. The molecule has 5 rings (SSSR count). The van der Waals surface area contributed by atoms with Crippen molar-refractivity contribution in [2.45, 2.75) is 20.0 Å². The van der Waals surface area contributed by atoms with Crippen molar-refractivity contribution in [1.82, 2.24) is 5.32 Å². The van der Waals surface area contributed by atoms with Gasteiger partial charge in [-0.05, 0) is 54.5 Å². The van der Waals surface area contributed by atoms with E-state index in [1.54, 1.807) is 66.7 Å². The van der Waals surface area contributed by atoms with E-state index in [0.29, 0.717) is 34.7 Å². The first-order valence-electron chi connectivity index (χ1n) is 12.0. The normalized spacial score (nSPS) is 13.7. The van der Waals surface area contributed by atoms with Crippen LogP contribution in [0.4, 0.5) is 10.1 Å². The smallest absolute Gasteiger partial charge is 0.294 e. The van der Waals surface area contributed by atoms with Crippen molar-refractivity contribution < 1.29 is 18.7 Å². The Balaban J connectivity index is 1.33. The quantitative estimate of drug-likeness (QED) is 0.334. The van der Waals surface area contributed by atoms with E-state index in [2.05, 4.69) is 5.32 Å². The zero-order valence-corrected chi connectivity index (χ0v) is 20.3. The van der Waals surface area contributed by atoms with Crippen molar-refractivity contribution in [3.8, 4) is 5.75 Å². The van der Waals surface area contributed by atoms with Crippen LogP contribution in [0.25, 0.3) is 6.08 Å². The zero-order chi connectivity index (χ0) is 25.8. The number of hydrogen-bond donors (Lipinski definition) is 1. The molecule has 0 atom stereocenters. The SMILES string of the molecule is Cc1ccc(CNC(=O)c2ccc(/C=C3\Oc4ccccc4N(Cc4ccccc4F)C3=O)cc2)cc1. The highest BCUT2D eigenvalue weighted by molar-refractivity contribution is 6.09. The number of nitrogens with zero attached hydrogens (tertiary/aromatic N) is 1. The van der Waals surface area contributed by atoms with E-state index in [1.807, 2.05) is 37.3 Å². The van der Waals surface area contributed by atoms with Gasteiger partial charge in [-0.3, -0.25) is 14.5 Å². The molecule has 1 N–H and O–H groups in total. The van der Waals surface area contributed by atoms with E-state index in [4.69, 9.17) is 4.74 Å². The minimum absolute atomic E-state index is 0.0727. The highest BCUT2D eigenvalue weighted by atomic mass is 19.1. The average molecular weight is 493 g/mol. The van der Waals surface area contributed by atoms with Crippen LogP contribution in [-0.2, 0) is 17.9 Å². The summed E-state index contributed by atoms with van der Waals surface area (Å²) in [6.07, 6.45) is 1.63. The predicted octanol–water partition coefficient (Wildman–Crippen LogP) is 6.03. The van der Waals surface area contributed by atoms with Gasteiger partial charge in [-0.2, -0.15) is 0 Å². The van der Waals surface area contributed by atoms with Gasteiger partial charge in [0.25, 0.3) is 11.8 Å². The molecule has 4 aromatic rings. The molecule has 37 heavy (non-hydrogen) atoms. The zero-order valence-electron chi connectivity index (χ0n) is 20.3. The molecule has 0 radical (unpaired) electrons. The molecule has 2 amide bonds. The summed E-state index contributed by atoms with van der Waals surface area (Å²) in [4.78, 5) is 27.5. The summed E-state index contributed by atoms with van der Waals surface area (Å²) in [5.74, 6) is -0.305. The van der Waals surface area contributed by atoms with Gasteiger partial charge in [-0.15, -0.1) is 0 Å². The second kappa shape index (κ2) is 10.5. The van der Waals surface area contributed by atoms with E-state index in [1.165, 1.54) is 16.5 Å². The lowest BCUT2D eigenvalue weighted by molar-refractivity contribution is -0.117. The summed E-state index contributed by atoms with van der Waals surface area (Å²) < 4.78 is 20.3. The maximum absolute atomic E-state index is 14.3. The van der Waals surface area contributed by atoms with Gasteiger partial charge in [-0.1, -0.05) is 72.3 Å². The summed E-state index contributed by atoms with van der Waals surface area (Å²) in [5.41, 5.74) is 4.38. The fourth-order valence-electron chi connectivity index (χ4n) is 4.09. The van der Waals surface area contributed by atoms with Crippen molar-refractivity contribution in [2.75, 3.05) is 4.90 Å². The number of rotatable bonds is 6. The molecule has 5 nitrogen and oxygen atoms in total. The summed E-state index contributed by atoms with van der Waals surface area (Å²) >= 11 is 0. The van der Waals surface area contributed by atoms with Crippen LogP contribution in [0.2, 0.25) is 0 Å². The van der Waals surface area contributed by atoms with Gasteiger partial charge in [0.1, 0.15) is 5.82 Å². The molecular weight excluding hydrogens is 467 g/mol. The van der Waals surface area contributed by atoms with Gasteiger partial charge in [0.05, 0.1) is 12.2 Å². The van der Waals surface area contributed by atoms with Gasteiger partial charge in [-0.25, -0.2) is 4.39 Å². The minimum atomic E-state index is -0.374. The second-order valence-corrected chi connectivity index (χ2v) is 8.85. The number of carbonyl (C=O) groups is 2. The van der Waals surface area contributed by atoms with E-state index in [9.17, 15) is 14.0 Å². The number of carbonyl (C=O) groups excluding carboxylic acids is 2. The summed E-state index contributed by atoms with van der Waals surface area (Å²) in [5, 5.41) is 2.92. The van der Waals surface area contributed by atoms with Crippen molar-refractivity contribution in [3.63, 3.8) is 0 Å². The number of hydrogen-bond acceptors (Lipinski definition) is 3. The number of nitrogens with one attached hydrogen (secondary N) is 1. The molecule has 184 valence electrons. The largest absolute Gasteiger partial charge is 0.449 e. The van der Waals surface area contributed by atoms with Gasteiger partial charge < -0.3 is 10.1 Å². The average Bonchev–Trinajstić information content (AvgIpc) is 2.92. The molecule has 0 saturated heterocycles. The molecule has 4 aromatic carbocycles. The van der Waals surface area contributed by atoms with E-state index >= 15 is 0 Å². The molecular formula is C31H25FN2O3. The van der Waals surface area contributed by atoms with Gasteiger partial charge in [0.2, 0.25) is 0 Å². The molecule has 1 aliphatic rings. The van der Waals surface area contributed by atoms with Gasteiger partial charge in [0.15, 0.2) is 11.5 Å². The molecule has 6 heteroatoms. The Bertz CT molecular complexity index is 1480. The number of ether oxygens (including phenoxy) is 1. The monoisotopic (exact) mass is 492 g/mol. The second-order valence-electron chi connectivity index (χ2n) is 8.85. The molecule has 1 heterocycles. The van der Waals surface area contributed by atoms with E-state index < -0.39 is 0 Å². The third kappa shape index (κ3) is 5.43. The molecule has 0 bridgehead atoms.